The maximum atomic E-state index is 11.7. The number of amides is 1. The molecule has 0 aliphatic heterocycles. The van der Waals surface area contributed by atoms with Gasteiger partial charge in [-0.15, -0.1) is 0 Å². The van der Waals surface area contributed by atoms with Crippen molar-refractivity contribution in [2.24, 2.45) is 0 Å². The fourth-order valence-electron chi connectivity index (χ4n) is 1.66. The molecular formula is C12H18NO3P. The quantitative estimate of drug-likeness (QED) is 0.813. The number of hydrogen-bond donors (Lipinski definition) is 2. The number of rotatable bonds is 3. The van der Waals surface area contributed by atoms with E-state index in [4.69, 9.17) is 0 Å². The molecule has 1 aromatic carbocycles. The summed E-state index contributed by atoms with van der Waals surface area (Å²) in [5.41, 5.74) is 1.69. The van der Waals surface area contributed by atoms with Crippen LogP contribution in [0.2, 0.25) is 0 Å². The van der Waals surface area contributed by atoms with Crippen molar-refractivity contribution in [3.05, 3.63) is 28.8 Å². The zero-order valence-electron chi connectivity index (χ0n) is 10.6. The van der Waals surface area contributed by atoms with E-state index in [1.54, 1.807) is 32.4 Å². The van der Waals surface area contributed by atoms with Crippen LogP contribution in [0.25, 0.3) is 0 Å². The predicted octanol–water partition coefficient (Wildman–Crippen LogP) is 2.18. The second-order valence-electron chi connectivity index (χ2n) is 4.60. The van der Waals surface area contributed by atoms with E-state index < -0.39 is 7.14 Å². The lowest BCUT2D eigenvalue weighted by molar-refractivity contribution is 0.0962. The van der Waals surface area contributed by atoms with Crippen molar-refractivity contribution in [3.8, 4) is 5.75 Å². The fraction of sp³-hybridized carbons (Fsp3) is 0.417. The highest BCUT2D eigenvalue weighted by Gasteiger charge is 2.15. The highest BCUT2D eigenvalue weighted by Crippen LogP contribution is 2.41. The predicted molar refractivity (Wildman–Crippen MR) is 69.4 cm³/mol. The van der Waals surface area contributed by atoms with Crippen molar-refractivity contribution in [1.82, 2.24) is 5.32 Å². The minimum absolute atomic E-state index is 0.0644. The molecule has 0 radical (unpaired) electrons. The molecule has 0 atom stereocenters. The number of benzene rings is 1. The standard InChI is InChI=1S/C12H18NO3P/c1-8-10(12(15)13-2)5-9(6-11(8)14)7-17(3,4)16/h5-6,14H,7H2,1-4H3,(H,13,15). The molecule has 5 heteroatoms. The van der Waals surface area contributed by atoms with Crippen molar-refractivity contribution >= 4 is 13.0 Å². The summed E-state index contributed by atoms with van der Waals surface area (Å²) < 4.78 is 11.7. The molecule has 4 nitrogen and oxygen atoms in total. The molecule has 17 heavy (non-hydrogen) atoms. The Kier molecular flexibility index (Phi) is 3.99. The van der Waals surface area contributed by atoms with E-state index >= 15 is 0 Å². The van der Waals surface area contributed by atoms with E-state index in [1.807, 2.05) is 0 Å². The molecule has 0 aromatic heterocycles. The van der Waals surface area contributed by atoms with Gasteiger partial charge in [0.1, 0.15) is 5.75 Å². The zero-order chi connectivity index (χ0) is 13.2. The van der Waals surface area contributed by atoms with Gasteiger partial charge in [-0.25, -0.2) is 0 Å². The van der Waals surface area contributed by atoms with Gasteiger partial charge in [-0.3, -0.25) is 4.79 Å². The molecule has 0 spiro atoms. The summed E-state index contributed by atoms with van der Waals surface area (Å²) in [6.45, 7) is 5.05. The molecule has 1 aromatic rings. The fourth-order valence-corrected chi connectivity index (χ4v) is 2.72. The minimum Gasteiger partial charge on any atom is -0.508 e. The number of hydrogen-bond acceptors (Lipinski definition) is 3. The molecule has 1 amide bonds. The van der Waals surface area contributed by atoms with Crippen molar-refractivity contribution in [1.29, 1.82) is 0 Å². The molecule has 0 heterocycles. The van der Waals surface area contributed by atoms with Gasteiger partial charge in [-0.05, 0) is 37.9 Å². The van der Waals surface area contributed by atoms with Crippen molar-refractivity contribution in [2.45, 2.75) is 13.1 Å². The smallest absolute Gasteiger partial charge is 0.251 e. The molecule has 0 unspecified atom stereocenters. The molecule has 1 rings (SSSR count). The SMILES string of the molecule is CNC(=O)c1cc(CP(C)(C)=O)cc(O)c1C. The van der Waals surface area contributed by atoms with Crippen LogP contribution in [0.5, 0.6) is 5.75 Å². The summed E-state index contributed by atoms with van der Waals surface area (Å²) in [6, 6.07) is 3.26. The Morgan fingerprint density at radius 3 is 2.47 bits per heavy atom. The van der Waals surface area contributed by atoms with Gasteiger partial charge in [-0.1, -0.05) is 0 Å². The summed E-state index contributed by atoms with van der Waals surface area (Å²) in [5, 5.41) is 12.3. The number of phenols is 1. The van der Waals surface area contributed by atoms with Crippen LogP contribution in [0.4, 0.5) is 0 Å². The van der Waals surface area contributed by atoms with Crippen molar-refractivity contribution in [3.63, 3.8) is 0 Å². The normalized spacial score (nSPS) is 11.3. The largest absolute Gasteiger partial charge is 0.508 e. The Bertz CT molecular complexity index is 491. The molecule has 0 aliphatic rings. The third-order valence-electron chi connectivity index (χ3n) is 2.48. The van der Waals surface area contributed by atoms with Gasteiger partial charge in [0.25, 0.3) is 5.91 Å². The molecular weight excluding hydrogens is 237 g/mol. The van der Waals surface area contributed by atoms with E-state index in [0.29, 0.717) is 17.3 Å². The lowest BCUT2D eigenvalue weighted by Gasteiger charge is -2.12. The first kappa shape index (κ1) is 13.8. The molecule has 0 fully saturated rings. The number of aromatic hydroxyl groups is 1. The molecule has 0 saturated heterocycles. The summed E-state index contributed by atoms with van der Waals surface area (Å²) in [5.74, 6) is -0.184. The molecule has 2 N–H and O–H groups in total. The van der Waals surface area contributed by atoms with Gasteiger partial charge in [0.15, 0.2) is 0 Å². The number of carbonyl (C=O) groups excluding carboxylic acids is 1. The van der Waals surface area contributed by atoms with E-state index in [0.717, 1.165) is 5.56 Å². The van der Waals surface area contributed by atoms with Gasteiger partial charge >= 0.3 is 0 Å². The topological polar surface area (TPSA) is 66.4 Å². The van der Waals surface area contributed by atoms with Gasteiger partial charge in [0.2, 0.25) is 0 Å². The molecule has 0 aliphatic carbocycles. The molecule has 0 bridgehead atoms. The van der Waals surface area contributed by atoms with Gasteiger partial charge in [-0.2, -0.15) is 0 Å². The molecule has 94 valence electrons. The highest BCUT2D eigenvalue weighted by atomic mass is 31.2. The Labute approximate surface area is 101 Å². The van der Waals surface area contributed by atoms with Crippen molar-refractivity contribution < 1.29 is 14.5 Å². The minimum atomic E-state index is -2.22. The lowest BCUT2D eigenvalue weighted by Crippen LogP contribution is -2.19. The Balaban J connectivity index is 3.24. The third-order valence-corrected chi connectivity index (χ3v) is 3.60. The van der Waals surface area contributed by atoms with Gasteiger partial charge < -0.3 is 15.0 Å². The Hall–Kier alpha value is -1.28. The monoisotopic (exact) mass is 255 g/mol. The second kappa shape index (κ2) is 4.92. The summed E-state index contributed by atoms with van der Waals surface area (Å²) >= 11 is 0. The Morgan fingerprint density at radius 1 is 1.41 bits per heavy atom. The first-order valence-corrected chi connectivity index (χ1v) is 8.12. The van der Waals surface area contributed by atoms with Gasteiger partial charge in [0.05, 0.1) is 7.14 Å². The van der Waals surface area contributed by atoms with Gasteiger partial charge in [0, 0.05) is 24.3 Å². The lowest BCUT2D eigenvalue weighted by atomic mass is 10.0. The van der Waals surface area contributed by atoms with Crippen LogP contribution in [0.3, 0.4) is 0 Å². The summed E-state index contributed by atoms with van der Waals surface area (Å²) in [6.07, 6.45) is 0.380. The third kappa shape index (κ3) is 3.60. The maximum absolute atomic E-state index is 11.7. The number of phenolic OH excluding ortho intramolecular Hbond substituents is 1. The van der Waals surface area contributed by atoms with Crippen LogP contribution in [-0.4, -0.2) is 31.4 Å². The van der Waals surface area contributed by atoms with Crippen LogP contribution < -0.4 is 5.32 Å². The first-order valence-electron chi connectivity index (χ1n) is 5.33. The average Bonchev–Trinajstić information content (AvgIpc) is 2.19. The van der Waals surface area contributed by atoms with Crippen LogP contribution in [0.1, 0.15) is 21.5 Å². The summed E-state index contributed by atoms with van der Waals surface area (Å²) in [7, 11) is -0.686. The van der Waals surface area contributed by atoms with Crippen LogP contribution in [-0.2, 0) is 10.7 Å². The van der Waals surface area contributed by atoms with Crippen LogP contribution in [0, 0.1) is 6.92 Å². The van der Waals surface area contributed by atoms with Crippen LogP contribution >= 0.6 is 7.14 Å². The van der Waals surface area contributed by atoms with E-state index in [2.05, 4.69) is 5.32 Å². The van der Waals surface area contributed by atoms with E-state index in [9.17, 15) is 14.5 Å². The van der Waals surface area contributed by atoms with E-state index in [1.165, 1.54) is 7.05 Å². The summed E-state index contributed by atoms with van der Waals surface area (Å²) in [4.78, 5) is 11.6. The Morgan fingerprint density at radius 2 is 2.00 bits per heavy atom. The zero-order valence-corrected chi connectivity index (χ0v) is 11.5. The number of carbonyl (C=O) groups is 1. The first-order chi connectivity index (χ1) is 7.74. The highest BCUT2D eigenvalue weighted by molar-refractivity contribution is 7.61. The molecule has 0 saturated carbocycles. The van der Waals surface area contributed by atoms with Crippen molar-refractivity contribution in [2.75, 3.05) is 20.4 Å². The van der Waals surface area contributed by atoms with Crippen LogP contribution in [0.15, 0.2) is 12.1 Å². The van der Waals surface area contributed by atoms with E-state index in [-0.39, 0.29) is 11.7 Å². The number of nitrogens with one attached hydrogen (secondary N) is 1. The second-order valence-corrected chi connectivity index (χ2v) is 8.06. The average molecular weight is 255 g/mol. The maximum Gasteiger partial charge on any atom is 0.251 e.